The van der Waals surface area contributed by atoms with E-state index in [0.29, 0.717) is 5.92 Å². The van der Waals surface area contributed by atoms with Gasteiger partial charge in [-0.3, -0.25) is 4.90 Å². The van der Waals surface area contributed by atoms with Gasteiger partial charge in [0.25, 0.3) is 0 Å². The molecule has 1 aliphatic carbocycles. The number of thiazole rings is 1. The average Bonchev–Trinajstić information content (AvgIpc) is 2.81. The lowest BCUT2D eigenvalue weighted by Crippen LogP contribution is -2.25. The first-order chi connectivity index (χ1) is 11.4. The normalized spacial score (nSPS) is 22.5. The molecule has 0 bridgehead atoms. The van der Waals surface area contributed by atoms with Gasteiger partial charge in [0.2, 0.25) is 0 Å². The van der Waals surface area contributed by atoms with E-state index < -0.39 is 0 Å². The van der Waals surface area contributed by atoms with Crippen LogP contribution in [0, 0.1) is 0 Å². The molecule has 0 N–H and O–H groups in total. The number of aromatic nitrogens is 1. The first-order valence-electron chi connectivity index (χ1n) is 8.71. The van der Waals surface area contributed by atoms with Crippen LogP contribution < -0.4 is 0 Å². The molecule has 0 radical (unpaired) electrons. The molecule has 2 aliphatic rings. The highest BCUT2D eigenvalue weighted by atomic mass is 32.2. The highest BCUT2D eigenvalue weighted by Crippen LogP contribution is 2.35. The zero-order chi connectivity index (χ0) is 15.5. The van der Waals surface area contributed by atoms with E-state index in [-0.39, 0.29) is 0 Å². The van der Waals surface area contributed by atoms with Crippen LogP contribution in [0.4, 0.5) is 0 Å². The summed E-state index contributed by atoms with van der Waals surface area (Å²) >= 11 is 4.07. The molecular weight excluding hydrogens is 320 g/mol. The zero-order valence-electron chi connectivity index (χ0n) is 13.5. The molecule has 1 aromatic carbocycles. The number of hydrogen-bond donors (Lipinski definition) is 0. The van der Waals surface area contributed by atoms with E-state index >= 15 is 0 Å². The molecule has 0 spiro atoms. The molecular formula is C19H24N2S2. The van der Waals surface area contributed by atoms with Crippen LogP contribution in [0.15, 0.2) is 30.3 Å². The minimum absolute atomic E-state index is 0.687. The van der Waals surface area contributed by atoms with E-state index in [1.165, 1.54) is 60.1 Å². The predicted molar refractivity (Wildman–Crippen MR) is 101 cm³/mol. The lowest BCUT2D eigenvalue weighted by Gasteiger charge is -2.21. The molecule has 0 unspecified atom stereocenters. The SMILES string of the molecule is c1ccc([C@@H]2CCc3nc(CN4CCCSCC4)sc3C2)cc1. The highest BCUT2D eigenvalue weighted by Gasteiger charge is 2.24. The van der Waals surface area contributed by atoms with Crippen molar-refractivity contribution in [2.75, 3.05) is 24.6 Å². The highest BCUT2D eigenvalue weighted by molar-refractivity contribution is 7.99. The number of fused-ring (bicyclic) bond motifs is 1. The number of benzene rings is 1. The molecule has 1 atom stereocenters. The second-order valence-corrected chi connectivity index (χ2v) is 8.96. The molecule has 2 heterocycles. The zero-order valence-corrected chi connectivity index (χ0v) is 15.2. The molecule has 23 heavy (non-hydrogen) atoms. The third-order valence-corrected chi connectivity index (χ3v) is 7.08. The molecule has 0 amide bonds. The molecule has 0 saturated carbocycles. The van der Waals surface area contributed by atoms with E-state index in [4.69, 9.17) is 4.98 Å². The van der Waals surface area contributed by atoms with Crippen LogP contribution in [-0.4, -0.2) is 34.5 Å². The lowest BCUT2D eigenvalue weighted by atomic mass is 9.85. The Bertz CT molecular complexity index is 630. The summed E-state index contributed by atoms with van der Waals surface area (Å²) in [6, 6.07) is 11.0. The maximum atomic E-state index is 4.97. The van der Waals surface area contributed by atoms with Gasteiger partial charge in [-0.15, -0.1) is 11.3 Å². The fourth-order valence-corrected chi connectivity index (χ4v) is 5.81. The van der Waals surface area contributed by atoms with Crippen molar-refractivity contribution < 1.29 is 0 Å². The van der Waals surface area contributed by atoms with Gasteiger partial charge < -0.3 is 0 Å². The smallest absolute Gasteiger partial charge is 0.107 e. The molecule has 1 fully saturated rings. The number of nitrogens with zero attached hydrogens (tertiary/aromatic N) is 2. The first kappa shape index (κ1) is 15.7. The van der Waals surface area contributed by atoms with Gasteiger partial charge >= 0.3 is 0 Å². The molecule has 4 rings (SSSR count). The summed E-state index contributed by atoms with van der Waals surface area (Å²) in [6.45, 7) is 3.53. The maximum Gasteiger partial charge on any atom is 0.107 e. The Morgan fingerprint density at radius 2 is 2.04 bits per heavy atom. The summed E-state index contributed by atoms with van der Waals surface area (Å²) in [5.41, 5.74) is 2.89. The number of thioether (sulfide) groups is 1. The molecule has 4 heteroatoms. The topological polar surface area (TPSA) is 16.1 Å². The van der Waals surface area contributed by atoms with E-state index in [0.717, 1.165) is 13.0 Å². The summed E-state index contributed by atoms with van der Waals surface area (Å²) < 4.78 is 0. The minimum Gasteiger partial charge on any atom is -0.296 e. The number of rotatable bonds is 3. The Morgan fingerprint density at radius 1 is 1.13 bits per heavy atom. The minimum atomic E-state index is 0.687. The molecule has 1 saturated heterocycles. The molecule has 1 aliphatic heterocycles. The van der Waals surface area contributed by atoms with Crippen LogP contribution in [0.25, 0.3) is 0 Å². The van der Waals surface area contributed by atoms with Crippen molar-refractivity contribution in [1.82, 2.24) is 9.88 Å². The van der Waals surface area contributed by atoms with E-state index in [9.17, 15) is 0 Å². The predicted octanol–water partition coefficient (Wildman–Crippen LogP) is 4.35. The summed E-state index contributed by atoms with van der Waals surface area (Å²) in [4.78, 5) is 9.12. The van der Waals surface area contributed by atoms with Crippen LogP contribution in [0.1, 0.15) is 39.9 Å². The third kappa shape index (κ3) is 3.81. The van der Waals surface area contributed by atoms with Crippen molar-refractivity contribution in [2.24, 2.45) is 0 Å². The molecule has 122 valence electrons. The Labute approximate surface area is 147 Å². The Hall–Kier alpha value is -0.840. The summed E-state index contributed by atoms with van der Waals surface area (Å²) in [6.07, 6.45) is 4.92. The average molecular weight is 345 g/mol. The van der Waals surface area contributed by atoms with Crippen LogP contribution >= 0.6 is 23.1 Å². The van der Waals surface area contributed by atoms with Gasteiger partial charge in [0.15, 0.2) is 0 Å². The van der Waals surface area contributed by atoms with Gasteiger partial charge in [-0.1, -0.05) is 30.3 Å². The van der Waals surface area contributed by atoms with Gasteiger partial charge in [-0.2, -0.15) is 11.8 Å². The van der Waals surface area contributed by atoms with Crippen molar-refractivity contribution in [3.8, 4) is 0 Å². The van der Waals surface area contributed by atoms with Crippen molar-refractivity contribution in [2.45, 2.75) is 38.1 Å². The van der Waals surface area contributed by atoms with Crippen molar-refractivity contribution in [3.63, 3.8) is 0 Å². The summed E-state index contributed by atoms with van der Waals surface area (Å²) in [7, 11) is 0. The van der Waals surface area contributed by atoms with E-state index in [1.54, 1.807) is 4.88 Å². The molecule has 2 aromatic rings. The van der Waals surface area contributed by atoms with Gasteiger partial charge in [0, 0.05) is 17.2 Å². The summed E-state index contributed by atoms with van der Waals surface area (Å²) in [5, 5.41) is 1.34. The van der Waals surface area contributed by atoms with Crippen molar-refractivity contribution in [3.05, 3.63) is 51.5 Å². The second-order valence-electron chi connectivity index (χ2n) is 6.57. The van der Waals surface area contributed by atoms with E-state index in [1.807, 2.05) is 11.3 Å². The number of hydrogen-bond acceptors (Lipinski definition) is 4. The summed E-state index contributed by atoms with van der Waals surface area (Å²) in [5.74, 6) is 3.29. The van der Waals surface area contributed by atoms with Crippen LogP contribution in [-0.2, 0) is 19.4 Å². The van der Waals surface area contributed by atoms with Gasteiger partial charge in [0.1, 0.15) is 5.01 Å². The number of aryl methyl sites for hydroxylation is 1. The van der Waals surface area contributed by atoms with Gasteiger partial charge in [-0.05, 0) is 49.5 Å². The van der Waals surface area contributed by atoms with Crippen LogP contribution in [0.2, 0.25) is 0 Å². The lowest BCUT2D eigenvalue weighted by molar-refractivity contribution is 0.287. The molecule has 1 aromatic heterocycles. The third-order valence-electron chi connectivity index (χ3n) is 4.93. The van der Waals surface area contributed by atoms with Crippen LogP contribution in [0.3, 0.4) is 0 Å². The largest absolute Gasteiger partial charge is 0.296 e. The van der Waals surface area contributed by atoms with Gasteiger partial charge in [0.05, 0.1) is 12.2 Å². The quantitative estimate of drug-likeness (QED) is 0.823. The van der Waals surface area contributed by atoms with Crippen LogP contribution in [0.5, 0.6) is 0 Å². The van der Waals surface area contributed by atoms with Crippen molar-refractivity contribution in [1.29, 1.82) is 0 Å². The Morgan fingerprint density at radius 3 is 2.96 bits per heavy atom. The fourth-order valence-electron chi connectivity index (χ4n) is 3.65. The fraction of sp³-hybridized carbons (Fsp3) is 0.526. The Kier molecular flexibility index (Phi) is 5.02. The maximum absolute atomic E-state index is 4.97. The molecule has 2 nitrogen and oxygen atoms in total. The monoisotopic (exact) mass is 344 g/mol. The Balaban J connectivity index is 1.44. The second kappa shape index (κ2) is 7.37. The van der Waals surface area contributed by atoms with Gasteiger partial charge in [-0.25, -0.2) is 4.98 Å². The first-order valence-corrected chi connectivity index (χ1v) is 10.7. The van der Waals surface area contributed by atoms with E-state index in [2.05, 4.69) is 47.0 Å². The standard InChI is InChI=1S/C19H24N2S2/c1-2-5-15(6-3-1)16-7-8-17-18(13-16)23-19(20-17)14-21-9-4-11-22-12-10-21/h1-3,5-6,16H,4,7-14H2/t16-/m1/s1. The van der Waals surface area contributed by atoms with Crippen molar-refractivity contribution >= 4 is 23.1 Å².